The van der Waals surface area contributed by atoms with Crippen molar-refractivity contribution in [2.24, 2.45) is 5.18 Å². The summed E-state index contributed by atoms with van der Waals surface area (Å²) >= 11 is 0. The first-order valence-electron chi connectivity index (χ1n) is 11.3. The van der Waals surface area contributed by atoms with Crippen LogP contribution in [-0.4, -0.2) is 65.0 Å². The summed E-state index contributed by atoms with van der Waals surface area (Å²) in [7, 11) is 0. The highest BCUT2D eigenvalue weighted by Gasteiger charge is 2.20. The third kappa shape index (κ3) is 5.37. The van der Waals surface area contributed by atoms with Crippen molar-refractivity contribution in [2.45, 2.75) is 13.8 Å². The Bertz CT molecular complexity index is 1250. The van der Waals surface area contributed by atoms with Crippen LogP contribution in [0.25, 0.3) is 22.5 Å². The van der Waals surface area contributed by atoms with Crippen LogP contribution in [-0.2, 0) is 4.79 Å². The summed E-state index contributed by atoms with van der Waals surface area (Å²) in [5.41, 5.74) is 3.05. The molecular weight excluding hydrogens is 434 g/mol. The molecule has 3 aromatic rings. The molecule has 0 atom stereocenters. The molecule has 0 bridgehead atoms. The number of carbonyl (C=O) groups is 1. The van der Waals surface area contributed by atoms with E-state index in [4.69, 9.17) is 4.74 Å². The van der Waals surface area contributed by atoms with Crippen LogP contribution < -0.4 is 10.4 Å². The van der Waals surface area contributed by atoms with Gasteiger partial charge in [0.25, 0.3) is 5.91 Å². The van der Waals surface area contributed by atoms with Gasteiger partial charge in [-0.05, 0) is 60.1 Å². The molecule has 0 unspecified atom stereocenters. The number of nitrogens with zero attached hydrogens (tertiary/aromatic N) is 4. The first-order chi connectivity index (χ1) is 16.5. The molecule has 0 aliphatic carbocycles. The second kappa shape index (κ2) is 10.4. The molecule has 2 heterocycles. The summed E-state index contributed by atoms with van der Waals surface area (Å²) in [5, 5.41) is 2.99. The third-order valence-electron chi connectivity index (χ3n) is 6.02. The van der Waals surface area contributed by atoms with Crippen LogP contribution in [0.15, 0.2) is 58.5 Å². The summed E-state index contributed by atoms with van der Waals surface area (Å²) in [6, 6.07) is 14.1. The van der Waals surface area contributed by atoms with Crippen LogP contribution >= 0.6 is 0 Å². The molecule has 1 N–H and O–H groups in total. The van der Waals surface area contributed by atoms with Crippen molar-refractivity contribution in [3.63, 3.8) is 0 Å². The molecule has 4 rings (SSSR count). The van der Waals surface area contributed by atoms with Crippen molar-refractivity contribution < 1.29 is 9.53 Å². The minimum absolute atomic E-state index is 0.0404. The molecule has 9 nitrogen and oxygen atoms in total. The van der Waals surface area contributed by atoms with Crippen LogP contribution in [0.1, 0.15) is 12.5 Å². The number of nitroso groups, excluding NO2 is 1. The van der Waals surface area contributed by atoms with Crippen molar-refractivity contribution in [2.75, 3.05) is 39.3 Å². The Hall–Kier alpha value is -3.85. The first kappa shape index (κ1) is 23.3. The van der Waals surface area contributed by atoms with Crippen LogP contribution in [0, 0.1) is 11.8 Å². The molecule has 0 saturated carbocycles. The van der Waals surface area contributed by atoms with E-state index in [2.05, 4.69) is 27.0 Å². The number of carbonyl (C=O) groups excluding carboxylic acids is 1. The van der Waals surface area contributed by atoms with Crippen molar-refractivity contribution in [1.82, 2.24) is 19.8 Å². The molecular formula is C25H27N5O4. The highest BCUT2D eigenvalue weighted by atomic mass is 16.5. The van der Waals surface area contributed by atoms with E-state index in [1.54, 1.807) is 49.4 Å². The van der Waals surface area contributed by atoms with Crippen molar-refractivity contribution in [3.8, 4) is 28.3 Å². The van der Waals surface area contributed by atoms with Crippen LogP contribution in [0.2, 0.25) is 0 Å². The molecule has 176 valence electrons. The van der Waals surface area contributed by atoms with Gasteiger partial charge >= 0.3 is 5.69 Å². The van der Waals surface area contributed by atoms with Gasteiger partial charge in [-0.2, -0.15) is 4.98 Å². The number of piperazine rings is 1. The van der Waals surface area contributed by atoms with Gasteiger partial charge in [-0.25, -0.2) is 4.79 Å². The van der Waals surface area contributed by atoms with E-state index < -0.39 is 5.69 Å². The van der Waals surface area contributed by atoms with E-state index in [1.165, 1.54) is 0 Å². The molecule has 1 aliphatic heterocycles. The Kier molecular flexibility index (Phi) is 7.12. The number of aryl methyl sites for hydroxylation is 1. The summed E-state index contributed by atoms with van der Waals surface area (Å²) in [4.78, 5) is 46.6. The van der Waals surface area contributed by atoms with E-state index in [1.807, 2.05) is 11.0 Å². The number of amides is 1. The average molecular weight is 462 g/mol. The number of aromatic nitrogens is 2. The predicted molar refractivity (Wildman–Crippen MR) is 130 cm³/mol. The van der Waals surface area contributed by atoms with E-state index in [-0.39, 0.29) is 12.5 Å². The number of hydrogen-bond acceptors (Lipinski definition) is 7. The highest BCUT2D eigenvalue weighted by Crippen LogP contribution is 2.28. The normalized spacial score (nSPS) is 14.1. The van der Waals surface area contributed by atoms with Crippen molar-refractivity contribution >= 4 is 11.6 Å². The zero-order chi connectivity index (χ0) is 24.1. The lowest BCUT2D eigenvalue weighted by Gasteiger charge is -2.33. The molecule has 34 heavy (non-hydrogen) atoms. The van der Waals surface area contributed by atoms with Gasteiger partial charge < -0.3 is 19.5 Å². The van der Waals surface area contributed by atoms with E-state index in [9.17, 15) is 14.5 Å². The van der Waals surface area contributed by atoms with Gasteiger partial charge in [-0.15, -0.1) is 4.91 Å². The highest BCUT2D eigenvalue weighted by molar-refractivity contribution is 5.78. The van der Waals surface area contributed by atoms with E-state index in [0.29, 0.717) is 47.0 Å². The standard InChI is InChI=1S/C25H27N5O4/c1-3-29-9-11-30(12-10-29)24(31)16-34-20-6-4-5-18(14-20)22-15-23(27-25(32)26-22)19-7-8-21(28-33)17(2)13-19/h4-8,13-15H,3,9-12,16H2,1-2H3,(H,26,27,32). The molecule has 1 amide bonds. The smallest absolute Gasteiger partial charge is 0.345 e. The fourth-order valence-electron chi connectivity index (χ4n) is 3.98. The molecule has 1 fully saturated rings. The number of rotatable bonds is 7. The van der Waals surface area contributed by atoms with Crippen LogP contribution in [0.3, 0.4) is 0 Å². The lowest BCUT2D eigenvalue weighted by atomic mass is 10.0. The molecule has 1 aliphatic rings. The maximum Gasteiger partial charge on any atom is 0.345 e. The Morgan fingerprint density at radius 3 is 2.59 bits per heavy atom. The largest absolute Gasteiger partial charge is 0.484 e. The Morgan fingerprint density at radius 1 is 1.09 bits per heavy atom. The van der Waals surface area contributed by atoms with E-state index in [0.717, 1.165) is 25.2 Å². The van der Waals surface area contributed by atoms with Crippen molar-refractivity contribution in [3.05, 3.63) is 69.5 Å². The maximum absolute atomic E-state index is 12.5. The number of H-pyrrole nitrogens is 1. The van der Waals surface area contributed by atoms with Gasteiger partial charge in [0, 0.05) is 31.7 Å². The Labute approximate surface area is 197 Å². The lowest BCUT2D eigenvalue weighted by Crippen LogP contribution is -2.49. The van der Waals surface area contributed by atoms with Gasteiger partial charge in [0.05, 0.1) is 11.4 Å². The number of likely N-dealkylation sites (N-methyl/N-ethyl adjacent to an activating group) is 1. The van der Waals surface area contributed by atoms with Gasteiger partial charge in [0.15, 0.2) is 6.61 Å². The fourth-order valence-corrected chi connectivity index (χ4v) is 3.98. The monoisotopic (exact) mass is 461 g/mol. The molecule has 1 aromatic heterocycles. The number of benzene rings is 2. The van der Waals surface area contributed by atoms with Gasteiger partial charge in [-0.1, -0.05) is 25.1 Å². The maximum atomic E-state index is 12.5. The molecule has 0 radical (unpaired) electrons. The summed E-state index contributed by atoms with van der Waals surface area (Å²) in [5.74, 6) is 0.486. The Morgan fingerprint density at radius 2 is 1.88 bits per heavy atom. The third-order valence-corrected chi connectivity index (χ3v) is 6.02. The predicted octanol–water partition coefficient (Wildman–Crippen LogP) is 3.35. The number of nitrogens with one attached hydrogen (secondary N) is 1. The molecule has 0 spiro atoms. The van der Waals surface area contributed by atoms with Gasteiger partial charge in [-0.3, -0.25) is 4.79 Å². The summed E-state index contributed by atoms with van der Waals surface area (Å²) in [6.45, 7) is 8.02. The van der Waals surface area contributed by atoms with Crippen LogP contribution in [0.4, 0.5) is 5.69 Å². The molecule has 1 saturated heterocycles. The minimum atomic E-state index is -0.490. The second-order valence-electron chi connectivity index (χ2n) is 8.21. The zero-order valence-corrected chi connectivity index (χ0v) is 19.3. The lowest BCUT2D eigenvalue weighted by molar-refractivity contribution is -0.135. The molecule has 9 heteroatoms. The topological polar surface area (TPSA) is 108 Å². The SMILES string of the molecule is CCN1CCN(C(=O)COc2cccc(-c3cc(-c4ccc(N=O)c(C)c4)[nH]c(=O)n3)c2)CC1. The van der Waals surface area contributed by atoms with Crippen LogP contribution in [0.5, 0.6) is 5.75 Å². The van der Waals surface area contributed by atoms with Crippen molar-refractivity contribution in [1.29, 1.82) is 0 Å². The zero-order valence-electron chi connectivity index (χ0n) is 19.3. The summed E-state index contributed by atoms with van der Waals surface area (Å²) < 4.78 is 5.76. The Balaban J connectivity index is 1.49. The number of hydrogen-bond donors (Lipinski definition) is 1. The second-order valence-corrected chi connectivity index (χ2v) is 8.21. The van der Waals surface area contributed by atoms with Gasteiger partial charge in [0.1, 0.15) is 11.4 Å². The fraction of sp³-hybridized carbons (Fsp3) is 0.320. The minimum Gasteiger partial charge on any atom is -0.484 e. The quantitative estimate of drug-likeness (QED) is 0.541. The first-order valence-corrected chi connectivity index (χ1v) is 11.3. The number of aromatic amines is 1. The summed E-state index contributed by atoms with van der Waals surface area (Å²) in [6.07, 6.45) is 0. The molecule has 2 aromatic carbocycles. The van der Waals surface area contributed by atoms with E-state index >= 15 is 0 Å². The number of ether oxygens (including phenoxy) is 1. The van der Waals surface area contributed by atoms with Gasteiger partial charge in [0.2, 0.25) is 0 Å². The average Bonchev–Trinajstić information content (AvgIpc) is 2.87.